The molecule has 3 aromatic rings. The van der Waals surface area contributed by atoms with Crippen molar-refractivity contribution >= 4 is 58.3 Å². The molecule has 1 unspecified atom stereocenters. The Kier molecular flexibility index (Phi) is 6.10. The van der Waals surface area contributed by atoms with Crippen LogP contribution in [0.15, 0.2) is 66.7 Å². The van der Waals surface area contributed by atoms with Crippen molar-refractivity contribution in [1.29, 1.82) is 0 Å². The third-order valence-electron chi connectivity index (χ3n) is 6.01. The summed E-state index contributed by atoms with van der Waals surface area (Å²) in [5.41, 5.74) is 2.84. The van der Waals surface area contributed by atoms with Crippen molar-refractivity contribution in [2.45, 2.75) is 11.4 Å². The number of hydrogen-bond donors (Lipinski definition) is 1. The van der Waals surface area contributed by atoms with Crippen LogP contribution in [-0.4, -0.2) is 36.2 Å². The molecule has 1 fully saturated rings. The summed E-state index contributed by atoms with van der Waals surface area (Å²) >= 11 is 14.2. The summed E-state index contributed by atoms with van der Waals surface area (Å²) in [6.45, 7) is 0.707. The third-order valence-corrected chi connectivity index (χ3v) is 8.03. The molecule has 1 atom stereocenters. The van der Waals surface area contributed by atoms with Gasteiger partial charge in [0.2, 0.25) is 0 Å². The molecule has 2 aliphatic heterocycles. The largest absolute Gasteiger partial charge is 0.497 e. The first-order chi connectivity index (χ1) is 16.4. The fraction of sp³-hybridized carbons (Fsp3) is 0.200. The van der Waals surface area contributed by atoms with Gasteiger partial charge in [-0.1, -0.05) is 47.5 Å². The van der Waals surface area contributed by atoms with Crippen LogP contribution in [0.2, 0.25) is 10.0 Å². The van der Waals surface area contributed by atoms with Crippen molar-refractivity contribution in [3.8, 4) is 5.75 Å². The van der Waals surface area contributed by atoms with E-state index in [1.807, 2.05) is 24.3 Å². The van der Waals surface area contributed by atoms with E-state index in [1.165, 1.54) is 11.8 Å². The molecule has 0 aromatic heterocycles. The lowest BCUT2D eigenvalue weighted by atomic mass is 10.1. The minimum atomic E-state index is -1.20. The van der Waals surface area contributed by atoms with Crippen molar-refractivity contribution in [2.75, 3.05) is 29.6 Å². The summed E-state index contributed by atoms with van der Waals surface area (Å²) in [6, 6.07) is 19.5. The smallest absolute Gasteiger partial charge is 0.323 e. The minimum Gasteiger partial charge on any atom is -0.497 e. The van der Waals surface area contributed by atoms with Crippen LogP contribution in [0.1, 0.15) is 11.1 Å². The summed E-state index contributed by atoms with van der Waals surface area (Å²) in [4.78, 5) is 29.6. The van der Waals surface area contributed by atoms with E-state index in [0.29, 0.717) is 45.9 Å². The normalized spacial score (nSPS) is 19.0. The average molecular weight is 514 g/mol. The minimum absolute atomic E-state index is 0.187. The molecule has 1 saturated heterocycles. The number of anilines is 2. The Labute approximate surface area is 211 Å². The molecule has 3 amide bonds. The van der Waals surface area contributed by atoms with Gasteiger partial charge in [0.25, 0.3) is 5.91 Å². The van der Waals surface area contributed by atoms with Gasteiger partial charge in [-0.05, 0) is 42.0 Å². The van der Waals surface area contributed by atoms with Crippen LogP contribution in [0.3, 0.4) is 0 Å². The van der Waals surface area contributed by atoms with E-state index in [4.69, 9.17) is 27.9 Å². The van der Waals surface area contributed by atoms with Gasteiger partial charge in [0.05, 0.1) is 19.3 Å². The first kappa shape index (κ1) is 22.9. The van der Waals surface area contributed by atoms with Gasteiger partial charge >= 0.3 is 6.03 Å². The number of urea groups is 1. The van der Waals surface area contributed by atoms with Crippen molar-refractivity contribution in [3.05, 3.63) is 87.9 Å². The molecule has 5 rings (SSSR count). The van der Waals surface area contributed by atoms with Gasteiger partial charge in [-0.25, -0.2) is 4.79 Å². The maximum Gasteiger partial charge on any atom is 0.323 e. The highest BCUT2D eigenvalue weighted by atomic mass is 35.5. The number of nitrogens with one attached hydrogen (secondary N) is 1. The number of ether oxygens (including phenoxy) is 1. The van der Waals surface area contributed by atoms with Crippen LogP contribution < -0.4 is 15.0 Å². The quantitative estimate of drug-likeness (QED) is 0.465. The van der Waals surface area contributed by atoms with Crippen LogP contribution in [0.5, 0.6) is 5.75 Å². The maximum atomic E-state index is 14.1. The van der Waals surface area contributed by atoms with Crippen LogP contribution in [0, 0.1) is 0 Å². The Morgan fingerprint density at radius 3 is 2.74 bits per heavy atom. The predicted octanol–water partition coefficient (Wildman–Crippen LogP) is 5.98. The number of thioether (sulfide) groups is 1. The van der Waals surface area contributed by atoms with E-state index in [2.05, 4.69) is 5.32 Å². The van der Waals surface area contributed by atoms with E-state index >= 15 is 0 Å². The molecule has 0 bridgehead atoms. The summed E-state index contributed by atoms with van der Waals surface area (Å²) < 4.78 is 5.26. The molecule has 2 aliphatic rings. The summed E-state index contributed by atoms with van der Waals surface area (Å²) in [5, 5.41) is 4.01. The lowest BCUT2D eigenvalue weighted by Gasteiger charge is -2.33. The predicted molar refractivity (Wildman–Crippen MR) is 137 cm³/mol. The Morgan fingerprint density at radius 2 is 1.94 bits per heavy atom. The highest BCUT2D eigenvalue weighted by molar-refractivity contribution is 8.01. The molecule has 2 heterocycles. The number of nitrogens with zero attached hydrogens (tertiary/aromatic N) is 2. The van der Waals surface area contributed by atoms with Crippen LogP contribution in [-0.2, 0) is 16.2 Å². The van der Waals surface area contributed by atoms with Crippen molar-refractivity contribution in [1.82, 2.24) is 4.90 Å². The molecule has 0 saturated carbocycles. The molecular weight excluding hydrogens is 493 g/mol. The van der Waals surface area contributed by atoms with E-state index in [9.17, 15) is 9.59 Å². The molecule has 9 heteroatoms. The van der Waals surface area contributed by atoms with Gasteiger partial charge in [-0.15, -0.1) is 11.8 Å². The Morgan fingerprint density at radius 1 is 1.12 bits per heavy atom. The van der Waals surface area contributed by atoms with E-state index in [0.717, 1.165) is 11.3 Å². The fourth-order valence-electron chi connectivity index (χ4n) is 4.43. The highest BCUT2D eigenvalue weighted by Crippen LogP contribution is 2.55. The Balaban J connectivity index is 1.53. The topological polar surface area (TPSA) is 61.9 Å². The Bertz CT molecular complexity index is 1290. The number of hydrogen-bond acceptors (Lipinski definition) is 4. The summed E-state index contributed by atoms with van der Waals surface area (Å²) in [6.07, 6.45) is 0. The zero-order valence-corrected chi connectivity index (χ0v) is 20.6. The molecule has 3 aromatic carbocycles. The number of carbonyl (C=O) groups excluding carboxylic acids is 2. The molecular formula is C25H21Cl2N3O3S. The molecule has 1 spiro atoms. The van der Waals surface area contributed by atoms with E-state index in [1.54, 1.807) is 59.4 Å². The second-order valence-corrected chi connectivity index (χ2v) is 10.1. The molecule has 174 valence electrons. The van der Waals surface area contributed by atoms with Crippen LogP contribution in [0.4, 0.5) is 16.2 Å². The fourth-order valence-corrected chi connectivity index (χ4v) is 6.25. The maximum absolute atomic E-state index is 14.1. The lowest BCUT2D eigenvalue weighted by Crippen LogP contribution is -2.51. The summed E-state index contributed by atoms with van der Waals surface area (Å²) in [5.74, 6) is 1.06. The molecule has 34 heavy (non-hydrogen) atoms. The first-order valence-electron chi connectivity index (χ1n) is 10.7. The van der Waals surface area contributed by atoms with Crippen LogP contribution >= 0.6 is 35.0 Å². The number of amides is 3. The van der Waals surface area contributed by atoms with Gasteiger partial charge in [0.1, 0.15) is 5.75 Å². The van der Waals surface area contributed by atoms with Crippen molar-refractivity contribution < 1.29 is 14.3 Å². The Hall–Kier alpha value is -2.87. The lowest BCUT2D eigenvalue weighted by molar-refractivity contribution is -0.123. The van der Waals surface area contributed by atoms with Gasteiger partial charge < -0.3 is 15.0 Å². The van der Waals surface area contributed by atoms with Gasteiger partial charge in [-0.2, -0.15) is 0 Å². The average Bonchev–Trinajstić information content (AvgIpc) is 3.38. The molecule has 0 aliphatic carbocycles. The second-order valence-electron chi connectivity index (χ2n) is 7.95. The SMILES string of the molecule is COc1cccc(NC(=O)N2CCSC23C(=O)N(Cc2ccccc2Cl)c2ccc(Cl)cc23)c1. The van der Waals surface area contributed by atoms with Gasteiger partial charge in [0.15, 0.2) is 4.87 Å². The zero-order valence-electron chi connectivity index (χ0n) is 18.3. The molecule has 1 N–H and O–H groups in total. The van der Waals surface area contributed by atoms with Crippen molar-refractivity contribution in [2.24, 2.45) is 0 Å². The number of fused-ring (bicyclic) bond motifs is 2. The van der Waals surface area contributed by atoms with Gasteiger partial charge in [-0.3, -0.25) is 9.69 Å². The first-order valence-corrected chi connectivity index (χ1v) is 12.4. The number of methoxy groups -OCH3 is 1. The zero-order chi connectivity index (χ0) is 23.9. The van der Waals surface area contributed by atoms with Gasteiger partial charge in [0, 0.05) is 39.7 Å². The standard InChI is InChI=1S/C25H21Cl2N3O3S/c1-33-19-7-4-6-18(14-19)28-24(32)30-11-12-34-25(30)20-13-17(26)9-10-22(20)29(23(25)31)15-16-5-2-3-8-21(16)27/h2-10,13-14H,11-12,15H2,1H3,(H,28,32). The number of rotatable bonds is 4. The highest BCUT2D eigenvalue weighted by Gasteiger charge is 2.59. The van der Waals surface area contributed by atoms with E-state index < -0.39 is 4.87 Å². The van der Waals surface area contributed by atoms with Crippen LogP contribution in [0.25, 0.3) is 0 Å². The number of benzene rings is 3. The monoisotopic (exact) mass is 513 g/mol. The van der Waals surface area contributed by atoms with E-state index in [-0.39, 0.29) is 11.9 Å². The second kappa shape index (κ2) is 9.06. The number of halogens is 2. The molecule has 6 nitrogen and oxygen atoms in total. The summed E-state index contributed by atoms with van der Waals surface area (Å²) in [7, 11) is 1.57. The third kappa shape index (κ3) is 3.78. The number of carbonyl (C=O) groups is 2. The molecule has 0 radical (unpaired) electrons. The van der Waals surface area contributed by atoms with Crippen molar-refractivity contribution in [3.63, 3.8) is 0 Å².